The maximum atomic E-state index is 6.19. The van der Waals surface area contributed by atoms with Crippen LogP contribution in [0.3, 0.4) is 0 Å². The van der Waals surface area contributed by atoms with E-state index < -0.39 is 0 Å². The van der Waals surface area contributed by atoms with Crippen LogP contribution in [0.25, 0.3) is 0 Å². The Morgan fingerprint density at radius 2 is 1.78 bits per heavy atom. The van der Waals surface area contributed by atoms with Crippen molar-refractivity contribution in [3.05, 3.63) is 0 Å². The number of rotatable bonds is 10. The van der Waals surface area contributed by atoms with E-state index in [1.807, 2.05) is 0 Å². The van der Waals surface area contributed by atoms with Gasteiger partial charge in [0, 0.05) is 12.6 Å². The average molecular weight is 255 g/mol. The summed E-state index contributed by atoms with van der Waals surface area (Å²) in [4.78, 5) is 0. The van der Waals surface area contributed by atoms with E-state index in [-0.39, 0.29) is 0 Å². The first-order valence-corrected chi connectivity index (χ1v) is 8.20. The molecule has 1 aliphatic heterocycles. The maximum absolute atomic E-state index is 6.19. The summed E-state index contributed by atoms with van der Waals surface area (Å²) >= 11 is 0. The summed E-state index contributed by atoms with van der Waals surface area (Å²) in [7, 11) is 0. The number of hydrogen-bond acceptors (Lipinski definition) is 2. The second-order valence-corrected chi connectivity index (χ2v) is 5.89. The first kappa shape index (κ1) is 16.0. The Kier molecular flexibility index (Phi) is 9.59. The smallest absolute Gasteiger partial charge is 0.0589 e. The molecule has 2 N–H and O–H groups in total. The van der Waals surface area contributed by atoms with E-state index in [9.17, 15) is 0 Å². The van der Waals surface area contributed by atoms with Crippen LogP contribution >= 0.6 is 0 Å². The van der Waals surface area contributed by atoms with Gasteiger partial charge in [0.25, 0.3) is 0 Å². The van der Waals surface area contributed by atoms with Crippen molar-refractivity contribution in [2.24, 2.45) is 5.73 Å². The molecule has 0 aliphatic carbocycles. The van der Waals surface area contributed by atoms with Crippen molar-refractivity contribution in [2.45, 2.75) is 96.1 Å². The molecule has 0 bridgehead atoms. The minimum Gasteiger partial charge on any atom is -0.378 e. The van der Waals surface area contributed by atoms with Crippen molar-refractivity contribution in [1.82, 2.24) is 0 Å². The Morgan fingerprint density at radius 3 is 2.44 bits per heavy atom. The molecule has 1 aliphatic rings. The van der Waals surface area contributed by atoms with Gasteiger partial charge in [-0.05, 0) is 32.1 Å². The standard InChI is InChI=1S/C16H33NO/c1-2-3-4-5-6-7-8-11-15(17)14-16-12-9-10-13-18-16/h15-16H,2-14,17H2,1H3. The zero-order chi connectivity index (χ0) is 13.1. The molecule has 1 rings (SSSR count). The first-order valence-electron chi connectivity index (χ1n) is 8.20. The minimum atomic E-state index is 0.365. The fourth-order valence-electron chi connectivity index (χ4n) is 2.81. The molecule has 0 aromatic heterocycles. The van der Waals surface area contributed by atoms with E-state index in [0.717, 1.165) is 13.0 Å². The van der Waals surface area contributed by atoms with Gasteiger partial charge in [0.15, 0.2) is 0 Å². The predicted molar refractivity (Wildman–Crippen MR) is 78.8 cm³/mol. The molecule has 2 nitrogen and oxygen atoms in total. The van der Waals surface area contributed by atoms with E-state index >= 15 is 0 Å². The van der Waals surface area contributed by atoms with Crippen molar-refractivity contribution in [3.63, 3.8) is 0 Å². The molecular formula is C16H33NO. The maximum Gasteiger partial charge on any atom is 0.0589 e. The Balaban J connectivity index is 1.88. The summed E-state index contributed by atoms with van der Waals surface area (Å²) in [5, 5.41) is 0. The summed E-state index contributed by atoms with van der Waals surface area (Å²) < 4.78 is 5.74. The van der Waals surface area contributed by atoms with Crippen LogP contribution in [0.5, 0.6) is 0 Å². The lowest BCUT2D eigenvalue weighted by Gasteiger charge is -2.25. The molecule has 0 spiro atoms. The monoisotopic (exact) mass is 255 g/mol. The highest BCUT2D eigenvalue weighted by atomic mass is 16.5. The van der Waals surface area contributed by atoms with Crippen LogP contribution in [0.15, 0.2) is 0 Å². The van der Waals surface area contributed by atoms with Crippen molar-refractivity contribution < 1.29 is 4.74 Å². The summed E-state index contributed by atoms with van der Waals surface area (Å²) in [6, 6.07) is 0.365. The lowest BCUT2D eigenvalue weighted by molar-refractivity contribution is 0.00690. The Hall–Kier alpha value is -0.0800. The van der Waals surface area contributed by atoms with Crippen LogP contribution < -0.4 is 5.73 Å². The highest BCUT2D eigenvalue weighted by Gasteiger charge is 2.16. The third-order valence-corrected chi connectivity index (χ3v) is 4.02. The van der Waals surface area contributed by atoms with E-state index in [1.165, 1.54) is 70.6 Å². The summed E-state index contributed by atoms with van der Waals surface area (Å²) in [6.07, 6.45) is 16.2. The molecule has 0 aromatic carbocycles. The molecule has 0 amide bonds. The molecule has 0 aromatic rings. The van der Waals surface area contributed by atoms with Gasteiger partial charge >= 0.3 is 0 Å². The Morgan fingerprint density at radius 1 is 1.06 bits per heavy atom. The quantitative estimate of drug-likeness (QED) is 0.587. The van der Waals surface area contributed by atoms with Gasteiger partial charge in [0.05, 0.1) is 6.10 Å². The Labute approximate surface area is 114 Å². The van der Waals surface area contributed by atoms with Crippen molar-refractivity contribution in [1.29, 1.82) is 0 Å². The molecule has 1 fully saturated rings. The van der Waals surface area contributed by atoms with Crippen molar-refractivity contribution >= 4 is 0 Å². The molecule has 18 heavy (non-hydrogen) atoms. The fourth-order valence-corrected chi connectivity index (χ4v) is 2.81. The van der Waals surface area contributed by atoms with E-state index in [0.29, 0.717) is 12.1 Å². The number of nitrogens with two attached hydrogens (primary N) is 1. The van der Waals surface area contributed by atoms with E-state index in [4.69, 9.17) is 10.5 Å². The molecule has 2 atom stereocenters. The largest absolute Gasteiger partial charge is 0.378 e. The molecule has 108 valence electrons. The predicted octanol–water partition coefficient (Wildman–Crippen LogP) is 4.41. The van der Waals surface area contributed by atoms with Gasteiger partial charge in [-0.1, -0.05) is 51.9 Å². The van der Waals surface area contributed by atoms with Crippen LogP contribution in [-0.2, 0) is 4.74 Å². The van der Waals surface area contributed by atoms with Crippen LogP contribution in [0.1, 0.15) is 84.0 Å². The third-order valence-electron chi connectivity index (χ3n) is 4.02. The first-order chi connectivity index (χ1) is 8.83. The number of hydrogen-bond donors (Lipinski definition) is 1. The molecule has 2 unspecified atom stereocenters. The highest BCUT2D eigenvalue weighted by Crippen LogP contribution is 2.18. The second kappa shape index (κ2) is 10.8. The van der Waals surface area contributed by atoms with E-state index in [2.05, 4.69) is 6.92 Å². The average Bonchev–Trinajstić information content (AvgIpc) is 2.39. The van der Waals surface area contributed by atoms with Crippen LogP contribution in [0.4, 0.5) is 0 Å². The van der Waals surface area contributed by atoms with Gasteiger partial charge in [0.1, 0.15) is 0 Å². The zero-order valence-electron chi connectivity index (χ0n) is 12.3. The minimum absolute atomic E-state index is 0.365. The van der Waals surface area contributed by atoms with Gasteiger partial charge in [-0.3, -0.25) is 0 Å². The van der Waals surface area contributed by atoms with Crippen molar-refractivity contribution in [2.75, 3.05) is 6.61 Å². The van der Waals surface area contributed by atoms with Gasteiger partial charge in [0.2, 0.25) is 0 Å². The molecule has 0 saturated carbocycles. The summed E-state index contributed by atoms with van der Waals surface area (Å²) in [5.74, 6) is 0. The third kappa shape index (κ3) is 8.10. The normalized spacial score (nSPS) is 22.0. The van der Waals surface area contributed by atoms with Crippen molar-refractivity contribution in [3.8, 4) is 0 Å². The lowest BCUT2D eigenvalue weighted by Crippen LogP contribution is -2.29. The number of ether oxygens (including phenoxy) is 1. The van der Waals surface area contributed by atoms with Gasteiger partial charge in [-0.2, -0.15) is 0 Å². The molecular weight excluding hydrogens is 222 g/mol. The fraction of sp³-hybridized carbons (Fsp3) is 1.00. The molecule has 2 heteroatoms. The summed E-state index contributed by atoms with van der Waals surface area (Å²) in [5.41, 5.74) is 6.19. The summed E-state index contributed by atoms with van der Waals surface area (Å²) in [6.45, 7) is 3.22. The zero-order valence-corrected chi connectivity index (χ0v) is 12.3. The SMILES string of the molecule is CCCCCCCCCC(N)CC1CCCCO1. The lowest BCUT2D eigenvalue weighted by atomic mass is 9.98. The molecule has 1 heterocycles. The molecule has 0 radical (unpaired) electrons. The van der Waals surface area contributed by atoms with Crippen LogP contribution in [-0.4, -0.2) is 18.8 Å². The topological polar surface area (TPSA) is 35.2 Å². The van der Waals surface area contributed by atoms with Gasteiger partial charge in [-0.25, -0.2) is 0 Å². The van der Waals surface area contributed by atoms with Gasteiger partial charge in [-0.15, -0.1) is 0 Å². The Bertz CT molecular complexity index is 178. The van der Waals surface area contributed by atoms with Crippen LogP contribution in [0.2, 0.25) is 0 Å². The highest BCUT2D eigenvalue weighted by molar-refractivity contribution is 4.71. The van der Waals surface area contributed by atoms with Gasteiger partial charge < -0.3 is 10.5 Å². The van der Waals surface area contributed by atoms with Crippen LogP contribution in [0, 0.1) is 0 Å². The number of unbranched alkanes of at least 4 members (excludes halogenated alkanes) is 6. The van der Waals surface area contributed by atoms with E-state index in [1.54, 1.807) is 0 Å². The second-order valence-electron chi connectivity index (χ2n) is 5.89. The molecule has 1 saturated heterocycles.